The third-order valence-corrected chi connectivity index (χ3v) is 4.30. The normalized spacial score (nSPS) is 15.2. The molecule has 1 aliphatic rings. The lowest BCUT2D eigenvalue weighted by Crippen LogP contribution is -2.33. The highest BCUT2D eigenvalue weighted by molar-refractivity contribution is 6.60. The summed E-state index contributed by atoms with van der Waals surface area (Å²) in [5.74, 6) is -2.49. The van der Waals surface area contributed by atoms with E-state index >= 15 is 0 Å². The second-order valence-electron chi connectivity index (χ2n) is 5.21. The third-order valence-electron chi connectivity index (χ3n) is 3.56. The minimum absolute atomic E-state index is 0.0303. The molecule has 1 fully saturated rings. The molecule has 0 N–H and O–H groups in total. The van der Waals surface area contributed by atoms with Crippen LogP contribution in [0.4, 0.5) is 29.3 Å². The fourth-order valence-corrected chi connectivity index (χ4v) is 2.66. The molecule has 134 valence electrons. The monoisotopic (exact) mass is 402 g/mol. The molecule has 1 heterocycles. The van der Waals surface area contributed by atoms with E-state index in [2.05, 4.69) is 0 Å². The molecule has 0 unspecified atom stereocenters. The Morgan fingerprint density at radius 2 is 1.35 bits per heavy atom. The lowest BCUT2D eigenvalue weighted by atomic mass is 10.2. The topological polar surface area (TPSA) is 57.7 Å². The number of urea groups is 1. The summed E-state index contributed by atoms with van der Waals surface area (Å²) < 4.78 is 38.6. The van der Waals surface area contributed by atoms with Crippen molar-refractivity contribution in [3.05, 3.63) is 58.1 Å². The standard InChI is InChI=1S/C16H7Cl2F3N2O3/c17-11-5-4-10(7-12(11)18)23-14(25)13(24)22(15(23)26)9-3-1-2-8(6-9)16(19,20)21/h1-7H. The number of imide groups is 2. The molecular formula is C16H7Cl2F3N2O3. The van der Waals surface area contributed by atoms with Crippen molar-refractivity contribution in [2.45, 2.75) is 6.18 Å². The molecule has 3 rings (SSSR count). The summed E-state index contributed by atoms with van der Waals surface area (Å²) in [4.78, 5) is 37.8. The molecule has 0 aliphatic carbocycles. The average molecular weight is 403 g/mol. The Hall–Kier alpha value is -2.58. The Morgan fingerprint density at radius 1 is 0.769 bits per heavy atom. The highest BCUT2D eigenvalue weighted by Gasteiger charge is 2.47. The van der Waals surface area contributed by atoms with Gasteiger partial charge in [0.05, 0.1) is 27.0 Å². The van der Waals surface area contributed by atoms with Crippen molar-refractivity contribution in [3.63, 3.8) is 0 Å². The van der Waals surface area contributed by atoms with E-state index in [-0.39, 0.29) is 21.4 Å². The zero-order valence-electron chi connectivity index (χ0n) is 12.6. The number of benzene rings is 2. The molecule has 1 aliphatic heterocycles. The van der Waals surface area contributed by atoms with Gasteiger partial charge in [0.15, 0.2) is 0 Å². The van der Waals surface area contributed by atoms with Gasteiger partial charge in [0, 0.05) is 0 Å². The summed E-state index contributed by atoms with van der Waals surface area (Å²) >= 11 is 11.6. The molecule has 0 atom stereocenters. The molecular weight excluding hydrogens is 396 g/mol. The van der Waals surface area contributed by atoms with Gasteiger partial charge in [-0.2, -0.15) is 13.2 Å². The minimum Gasteiger partial charge on any atom is -0.262 e. The number of hydrogen-bond donors (Lipinski definition) is 0. The number of carbonyl (C=O) groups is 3. The lowest BCUT2D eigenvalue weighted by Gasteiger charge is -2.17. The molecule has 2 aromatic carbocycles. The first kappa shape index (κ1) is 18.2. The van der Waals surface area contributed by atoms with Gasteiger partial charge in [-0.25, -0.2) is 14.6 Å². The third kappa shape index (κ3) is 3.02. The van der Waals surface area contributed by atoms with Gasteiger partial charge >= 0.3 is 24.0 Å². The van der Waals surface area contributed by atoms with Gasteiger partial charge in [-0.05, 0) is 36.4 Å². The maximum atomic E-state index is 12.9. The summed E-state index contributed by atoms with van der Waals surface area (Å²) in [5, 5.41) is 0.199. The summed E-state index contributed by atoms with van der Waals surface area (Å²) in [5.41, 5.74) is -1.46. The summed E-state index contributed by atoms with van der Waals surface area (Å²) in [6.45, 7) is 0. The molecule has 5 nitrogen and oxygen atoms in total. The molecule has 0 spiro atoms. The van der Waals surface area contributed by atoms with Gasteiger partial charge < -0.3 is 0 Å². The molecule has 0 saturated carbocycles. The molecule has 2 aromatic rings. The molecule has 26 heavy (non-hydrogen) atoms. The first-order valence-electron chi connectivity index (χ1n) is 6.96. The Balaban J connectivity index is 2.03. The maximum absolute atomic E-state index is 12.9. The minimum atomic E-state index is -4.67. The predicted molar refractivity (Wildman–Crippen MR) is 88.3 cm³/mol. The van der Waals surface area contributed by atoms with E-state index in [1.165, 1.54) is 18.2 Å². The van der Waals surface area contributed by atoms with Crippen LogP contribution in [0.25, 0.3) is 0 Å². The van der Waals surface area contributed by atoms with Crippen LogP contribution in [0.1, 0.15) is 5.56 Å². The zero-order valence-corrected chi connectivity index (χ0v) is 14.1. The van der Waals surface area contributed by atoms with Crippen molar-refractivity contribution < 1.29 is 27.6 Å². The molecule has 10 heteroatoms. The van der Waals surface area contributed by atoms with E-state index in [1.807, 2.05) is 0 Å². The number of alkyl halides is 3. The van der Waals surface area contributed by atoms with E-state index in [9.17, 15) is 27.6 Å². The number of carbonyl (C=O) groups excluding carboxylic acids is 3. The maximum Gasteiger partial charge on any atom is 0.416 e. The highest BCUT2D eigenvalue weighted by Crippen LogP contribution is 2.34. The van der Waals surface area contributed by atoms with Crippen molar-refractivity contribution in [2.24, 2.45) is 0 Å². The SMILES string of the molecule is O=C1C(=O)N(c2ccc(Cl)c(Cl)c2)C(=O)N1c1cccc(C(F)(F)F)c1. The van der Waals surface area contributed by atoms with E-state index < -0.39 is 29.6 Å². The fourth-order valence-electron chi connectivity index (χ4n) is 2.37. The first-order valence-corrected chi connectivity index (χ1v) is 7.71. The Bertz CT molecular complexity index is 947. The van der Waals surface area contributed by atoms with Gasteiger partial charge in [0.2, 0.25) is 0 Å². The predicted octanol–water partition coefficient (Wildman–Crippen LogP) is 4.51. The number of amides is 4. The number of nitrogens with zero attached hydrogens (tertiary/aromatic N) is 2. The van der Waals surface area contributed by atoms with Crippen molar-refractivity contribution in [1.82, 2.24) is 0 Å². The van der Waals surface area contributed by atoms with E-state index in [1.54, 1.807) is 0 Å². The number of rotatable bonds is 2. The van der Waals surface area contributed by atoms with Crippen LogP contribution in [0.15, 0.2) is 42.5 Å². The molecule has 4 amide bonds. The largest absolute Gasteiger partial charge is 0.416 e. The van der Waals surface area contributed by atoms with Gasteiger partial charge in [-0.3, -0.25) is 9.59 Å². The number of halogens is 5. The number of anilines is 2. The van der Waals surface area contributed by atoms with Gasteiger partial charge in [0.25, 0.3) is 0 Å². The van der Waals surface area contributed by atoms with Crippen LogP contribution >= 0.6 is 23.2 Å². The second-order valence-corrected chi connectivity index (χ2v) is 6.02. The van der Waals surface area contributed by atoms with Crippen LogP contribution in [0.3, 0.4) is 0 Å². The van der Waals surface area contributed by atoms with Crippen LogP contribution < -0.4 is 9.80 Å². The van der Waals surface area contributed by atoms with Crippen molar-refractivity contribution in [2.75, 3.05) is 9.80 Å². The van der Waals surface area contributed by atoms with Crippen molar-refractivity contribution in [3.8, 4) is 0 Å². The molecule has 0 bridgehead atoms. The van der Waals surface area contributed by atoms with Gasteiger partial charge in [0.1, 0.15) is 0 Å². The van der Waals surface area contributed by atoms with E-state index in [0.29, 0.717) is 15.9 Å². The van der Waals surface area contributed by atoms with Gasteiger partial charge in [-0.1, -0.05) is 29.3 Å². The Kier molecular flexibility index (Phi) is 4.41. The summed E-state index contributed by atoms with van der Waals surface area (Å²) in [6.07, 6.45) is -4.67. The Morgan fingerprint density at radius 3 is 1.88 bits per heavy atom. The quantitative estimate of drug-likeness (QED) is 0.548. The highest BCUT2D eigenvalue weighted by atomic mass is 35.5. The summed E-state index contributed by atoms with van der Waals surface area (Å²) in [6, 6.07) is 6.24. The van der Waals surface area contributed by atoms with Crippen LogP contribution in [-0.2, 0) is 15.8 Å². The van der Waals surface area contributed by atoms with Crippen LogP contribution in [0.5, 0.6) is 0 Å². The van der Waals surface area contributed by atoms with Crippen LogP contribution in [0, 0.1) is 0 Å². The summed E-state index contributed by atoms with van der Waals surface area (Å²) in [7, 11) is 0. The van der Waals surface area contributed by atoms with Gasteiger partial charge in [-0.15, -0.1) is 0 Å². The smallest absolute Gasteiger partial charge is 0.262 e. The van der Waals surface area contributed by atoms with Crippen molar-refractivity contribution in [1.29, 1.82) is 0 Å². The molecule has 0 radical (unpaired) electrons. The van der Waals surface area contributed by atoms with E-state index in [0.717, 1.165) is 18.2 Å². The number of hydrogen-bond acceptors (Lipinski definition) is 3. The van der Waals surface area contributed by atoms with Crippen LogP contribution in [0.2, 0.25) is 10.0 Å². The van der Waals surface area contributed by atoms with Crippen molar-refractivity contribution >= 4 is 52.4 Å². The second kappa shape index (κ2) is 6.30. The lowest BCUT2D eigenvalue weighted by molar-refractivity contribution is -0.137. The Labute approximate surface area is 154 Å². The van der Waals surface area contributed by atoms with E-state index in [4.69, 9.17) is 23.2 Å². The molecule has 0 aromatic heterocycles. The first-order chi connectivity index (χ1) is 12.1. The fraction of sp³-hybridized carbons (Fsp3) is 0.0625. The average Bonchev–Trinajstić information content (AvgIpc) is 2.79. The zero-order chi connectivity index (χ0) is 19.2. The molecule has 1 saturated heterocycles. The van der Waals surface area contributed by atoms with Crippen LogP contribution in [-0.4, -0.2) is 17.8 Å².